The zero-order chi connectivity index (χ0) is 22.5. The molecule has 2 heterocycles. The molecule has 164 valence electrons. The second-order valence-electron chi connectivity index (χ2n) is 7.10. The maximum atomic E-state index is 13.0. The number of fused-ring (bicyclic) bond motifs is 1. The third-order valence-corrected chi connectivity index (χ3v) is 6.67. The number of benzene rings is 2. The normalized spacial score (nSPS) is 12.1. The molecule has 0 spiro atoms. The van der Waals surface area contributed by atoms with Crippen LogP contribution in [0.15, 0.2) is 69.9 Å². The number of aliphatic hydroxyl groups is 1. The minimum Gasteiger partial charge on any atom is -0.396 e. The Bertz CT molecular complexity index is 1290. The fourth-order valence-electron chi connectivity index (χ4n) is 3.15. The summed E-state index contributed by atoms with van der Waals surface area (Å²) in [6.45, 7) is 2.06. The molecule has 2 N–H and O–H groups in total. The van der Waals surface area contributed by atoms with Gasteiger partial charge in [-0.3, -0.25) is 14.2 Å². The lowest BCUT2D eigenvalue weighted by Crippen LogP contribution is -2.27. The van der Waals surface area contributed by atoms with E-state index in [0.717, 1.165) is 11.3 Å². The molecule has 7 nitrogen and oxygen atoms in total. The highest BCUT2D eigenvalue weighted by molar-refractivity contribution is 8.00. The topological polar surface area (TPSA) is 97.1 Å². The molecule has 9 heteroatoms. The number of nitrogens with zero attached hydrogens (tertiary/aromatic N) is 3. The number of aliphatic hydroxyl groups excluding tert-OH is 1. The lowest BCUT2D eigenvalue weighted by molar-refractivity contribution is -0.115. The molecule has 1 atom stereocenters. The van der Waals surface area contributed by atoms with Crippen LogP contribution in [0.5, 0.6) is 0 Å². The third kappa shape index (κ3) is 4.90. The fourth-order valence-corrected chi connectivity index (χ4v) is 4.81. The van der Waals surface area contributed by atoms with Crippen LogP contribution < -0.4 is 10.9 Å². The summed E-state index contributed by atoms with van der Waals surface area (Å²) in [5, 5.41) is 15.0. The van der Waals surface area contributed by atoms with Gasteiger partial charge in [0.1, 0.15) is 0 Å². The molecule has 0 aliphatic heterocycles. The smallest absolute Gasteiger partial charge is 0.262 e. The molecule has 0 radical (unpaired) electrons. The van der Waals surface area contributed by atoms with Crippen LogP contribution in [-0.2, 0) is 11.3 Å². The van der Waals surface area contributed by atoms with Gasteiger partial charge in [0.05, 0.1) is 21.8 Å². The quantitative estimate of drug-likeness (QED) is 0.301. The predicted molar refractivity (Wildman–Crippen MR) is 129 cm³/mol. The summed E-state index contributed by atoms with van der Waals surface area (Å²) < 4.78 is 1.53. The van der Waals surface area contributed by atoms with Crippen LogP contribution >= 0.6 is 23.1 Å². The van der Waals surface area contributed by atoms with Crippen LogP contribution in [0, 0.1) is 0 Å². The van der Waals surface area contributed by atoms with Crippen molar-refractivity contribution >= 4 is 45.0 Å². The van der Waals surface area contributed by atoms with Gasteiger partial charge in [-0.2, -0.15) is 0 Å². The van der Waals surface area contributed by atoms with Gasteiger partial charge in [-0.1, -0.05) is 54.2 Å². The number of rotatable bonds is 8. The molecule has 0 saturated heterocycles. The molecule has 32 heavy (non-hydrogen) atoms. The van der Waals surface area contributed by atoms with Crippen molar-refractivity contribution in [3.63, 3.8) is 0 Å². The summed E-state index contributed by atoms with van der Waals surface area (Å²) >= 11 is 2.58. The molecular weight excluding hydrogens is 444 g/mol. The number of para-hydroxylation sites is 1. The van der Waals surface area contributed by atoms with Crippen molar-refractivity contribution < 1.29 is 9.90 Å². The molecule has 0 bridgehead atoms. The number of carbonyl (C=O) groups excluding carboxylic acids is 1. The molecule has 1 amide bonds. The monoisotopic (exact) mass is 466 g/mol. The second-order valence-corrected chi connectivity index (χ2v) is 9.26. The van der Waals surface area contributed by atoms with Crippen molar-refractivity contribution in [3.05, 3.63) is 70.3 Å². The highest BCUT2D eigenvalue weighted by Crippen LogP contribution is 2.27. The van der Waals surface area contributed by atoms with Crippen molar-refractivity contribution in [2.24, 2.45) is 0 Å². The average Bonchev–Trinajstić information content (AvgIpc) is 3.28. The number of hydrogen-bond acceptors (Lipinski definition) is 7. The van der Waals surface area contributed by atoms with Gasteiger partial charge in [0.2, 0.25) is 5.91 Å². The van der Waals surface area contributed by atoms with Crippen LogP contribution in [-0.4, -0.2) is 37.4 Å². The van der Waals surface area contributed by atoms with Gasteiger partial charge < -0.3 is 10.4 Å². The Morgan fingerprint density at radius 2 is 1.91 bits per heavy atom. The number of thioether (sulfide) groups is 1. The van der Waals surface area contributed by atoms with E-state index in [0.29, 0.717) is 34.2 Å². The van der Waals surface area contributed by atoms with Crippen molar-refractivity contribution in [3.8, 4) is 11.3 Å². The zero-order valence-electron chi connectivity index (χ0n) is 17.4. The number of thiazole rings is 1. The Morgan fingerprint density at radius 1 is 1.16 bits per heavy atom. The number of amides is 1. The molecule has 4 aromatic rings. The van der Waals surface area contributed by atoms with Gasteiger partial charge in [0, 0.05) is 24.1 Å². The standard InChI is InChI=1S/C23H22N4O3S2/c1-15(20(29)26-22-24-19(14-31-22)16-8-3-2-4-9-16)32-23-25-18-11-6-5-10-17(18)21(30)27(23)12-7-13-28/h2-6,8-11,14-15,28H,7,12-13H2,1H3,(H,24,26,29)/t15-/m1/s1. The minimum absolute atomic E-state index is 0.0345. The van der Waals surface area contributed by atoms with Gasteiger partial charge in [-0.15, -0.1) is 11.3 Å². The second kappa shape index (κ2) is 10.1. The maximum Gasteiger partial charge on any atom is 0.262 e. The number of anilines is 1. The molecule has 2 aromatic heterocycles. The first kappa shape index (κ1) is 22.2. The first-order valence-electron chi connectivity index (χ1n) is 10.2. The van der Waals surface area contributed by atoms with Gasteiger partial charge in [-0.25, -0.2) is 9.97 Å². The molecule has 2 aromatic carbocycles. The van der Waals surface area contributed by atoms with E-state index >= 15 is 0 Å². The van der Waals surface area contributed by atoms with Gasteiger partial charge in [-0.05, 0) is 25.5 Å². The highest BCUT2D eigenvalue weighted by atomic mass is 32.2. The summed E-state index contributed by atoms with van der Waals surface area (Å²) in [6.07, 6.45) is 0.426. The Hall–Kier alpha value is -3.01. The number of hydrogen-bond donors (Lipinski definition) is 2. The third-order valence-electron chi connectivity index (χ3n) is 4.82. The van der Waals surface area contributed by atoms with Crippen LogP contribution in [0.3, 0.4) is 0 Å². The first-order chi connectivity index (χ1) is 15.6. The summed E-state index contributed by atoms with van der Waals surface area (Å²) in [6, 6.07) is 16.9. The number of aromatic nitrogens is 3. The minimum atomic E-state index is -0.507. The zero-order valence-corrected chi connectivity index (χ0v) is 19.0. The summed E-state index contributed by atoms with van der Waals surface area (Å²) in [5.74, 6) is -0.222. The van der Waals surface area contributed by atoms with E-state index < -0.39 is 5.25 Å². The van der Waals surface area contributed by atoms with Crippen molar-refractivity contribution in [2.75, 3.05) is 11.9 Å². The van der Waals surface area contributed by atoms with Crippen LogP contribution in [0.25, 0.3) is 22.2 Å². The summed E-state index contributed by atoms with van der Waals surface area (Å²) in [7, 11) is 0. The lowest BCUT2D eigenvalue weighted by Gasteiger charge is -2.15. The SMILES string of the molecule is C[C@@H](Sc1nc2ccccc2c(=O)n1CCCO)C(=O)Nc1nc(-c2ccccc2)cs1. The van der Waals surface area contributed by atoms with Gasteiger partial charge in [0.15, 0.2) is 10.3 Å². The van der Waals surface area contributed by atoms with E-state index in [1.54, 1.807) is 25.1 Å². The van der Waals surface area contributed by atoms with E-state index in [4.69, 9.17) is 0 Å². The van der Waals surface area contributed by atoms with E-state index in [9.17, 15) is 14.7 Å². The van der Waals surface area contributed by atoms with Crippen molar-refractivity contribution in [1.29, 1.82) is 0 Å². The fraction of sp³-hybridized carbons (Fsp3) is 0.217. The van der Waals surface area contributed by atoms with E-state index in [1.807, 2.05) is 41.8 Å². The number of nitrogens with one attached hydrogen (secondary N) is 1. The van der Waals surface area contributed by atoms with Gasteiger partial charge in [0.25, 0.3) is 5.56 Å². The molecule has 0 saturated carbocycles. The predicted octanol–water partition coefficient (Wildman–Crippen LogP) is 4.02. The van der Waals surface area contributed by atoms with E-state index in [1.165, 1.54) is 27.7 Å². The molecule has 0 aliphatic rings. The van der Waals surface area contributed by atoms with Crippen LogP contribution in [0.2, 0.25) is 0 Å². The maximum absolute atomic E-state index is 13.0. The average molecular weight is 467 g/mol. The van der Waals surface area contributed by atoms with Crippen molar-refractivity contribution in [1.82, 2.24) is 14.5 Å². The molecule has 0 fully saturated rings. The lowest BCUT2D eigenvalue weighted by atomic mass is 10.2. The molecule has 0 unspecified atom stereocenters. The van der Waals surface area contributed by atoms with E-state index in [-0.39, 0.29) is 18.1 Å². The molecular formula is C23H22N4O3S2. The largest absolute Gasteiger partial charge is 0.396 e. The summed E-state index contributed by atoms with van der Waals surface area (Å²) in [4.78, 5) is 34.9. The first-order valence-corrected chi connectivity index (χ1v) is 11.9. The van der Waals surface area contributed by atoms with Crippen LogP contribution in [0.4, 0.5) is 5.13 Å². The molecule has 4 rings (SSSR count). The Morgan fingerprint density at radius 3 is 2.69 bits per heavy atom. The van der Waals surface area contributed by atoms with Crippen LogP contribution in [0.1, 0.15) is 13.3 Å². The highest BCUT2D eigenvalue weighted by Gasteiger charge is 2.20. The van der Waals surface area contributed by atoms with Gasteiger partial charge >= 0.3 is 0 Å². The Balaban J connectivity index is 1.53. The van der Waals surface area contributed by atoms with Crippen molar-refractivity contribution in [2.45, 2.75) is 30.3 Å². The molecule has 0 aliphatic carbocycles. The van der Waals surface area contributed by atoms with E-state index in [2.05, 4.69) is 15.3 Å². The Kier molecular flexibility index (Phi) is 6.99. The summed E-state index contributed by atoms with van der Waals surface area (Å²) in [5.41, 5.74) is 2.20. The Labute approximate surface area is 193 Å². The number of carbonyl (C=O) groups is 1.